The van der Waals surface area contributed by atoms with E-state index in [1.165, 1.54) is 68.8 Å². The minimum atomic E-state index is -0.801. The van der Waals surface area contributed by atoms with Crippen LogP contribution in [0.2, 0.25) is 0 Å². The number of nitrogens with one attached hydrogen (secondary N) is 1. The summed E-state index contributed by atoms with van der Waals surface area (Å²) in [4.78, 5) is 26.8. The number of hydrogen-bond acceptors (Lipinski definition) is 6. The average molecular weight is 497 g/mol. The lowest BCUT2D eigenvalue weighted by molar-refractivity contribution is -0.150. The van der Waals surface area contributed by atoms with E-state index in [4.69, 9.17) is 21.7 Å². The molecule has 0 aliphatic carbocycles. The summed E-state index contributed by atoms with van der Waals surface area (Å²) in [6, 6.07) is 0. The highest BCUT2D eigenvalue weighted by atomic mass is 32.1. The number of carbonyl (C=O) groups excluding carboxylic acids is 1. The first-order valence-electron chi connectivity index (χ1n) is 13.2. The topological polar surface area (TPSA) is 93.5 Å². The second kappa shape index (κ2) is 16.2. The highest BCUT2D eigenvalue weighted by molar-refractivity contribution is 7.71. The summed E-state index contributed by atoms with van der Waals surface area (Å²) < 4.78 is 12.9. The van der Waals surface area contributed by atoms with E-state index in [1.807, 2.05) is 0 Å². The first-order chi connectivity index (χ1) is 16.4. The molecule has 1 saturated heterocycles. The largest absolute Gasteiger partial charge is 0.463 e. The quantitative estimate of drug-likeness (QED) is 0.159. The van der Waals surface area contributed by atoms with Gasteiger partial charge in [0.15, 0.2) is 0 Å². The Hall–Kier alpha value is -1.51. The van der Waals surface area contributed by atoms with Crippen molar-refractivity contribution in [2.45, 2.75) is 129 Å². The van der Waals surface area contributed by atoms with E-state index < -0.39 is 18.4 Å². The number of carbonyl (C=O) groups is 1. The molecule has 0 saturated carbocycles. The highest BCUT2D eigenvalue weighted by Crippen LogP contribution is 2.28. The van der Waals surface area contributed by atoms with Crippen molar-refractivity contribution < 1.29 is 19.4 Å². The minimum absolute atomic E-state index is 0.00842. The van der Waals surface area contributed by atoms with Crippen LogP contribution in [0.1, 0.15) is 115 Å². The van der Waals surface area contributed by atoms with Gasteiger partial charge in [0, 0.05) is 24.6 Å². The molecule has 194 valence electrons. The molecule has 7 nitrogen and oxygen atoms in total. The number of aromatic nitrogens is 2. The van der Waals surface area contributed by atoms with Gasteiger partial charge in [0.2, 0.25) is 0 Å². The normalized spacial score (nSPS) is 20.0. The lowest BCUT2D eigenvalue weighted by Gasteiger charge is -2.16. The molecular formula is C26H44N2O5S. The fourth-order valence-corrected chi connectivity index (χ4v) is 4.51. The summed E-state index contributed by atoms with van der Waals surface area (Å²) in [5.74, 6) is -0.265. The molecule has 1 aliphatic heterocycles. The van der Waals surface area contributed by atoms with Crippen LogP contribution in [0.15, 0.2) is 11.0 Å². The molecule has 3 atom stereocenters. The van der Waals surface area contributed by atoms with E-state index >= 15 is 0 Å². The molecule has 8 heteroatoms. The number of nitrogens with zero attached hydrogens (tertiary/aromatic N) is 1. The first kappa shape index (κ1) is 28.7. The summed E-state index contributed by atoms with van der Waals surface area (Å²) in [6.45, 7) is 4.05. The van der Waals surface area contributed by atoms with Crippen molar-refractivity contribution >= 4 is 18.2 Å². The number of aromatic amines is 1. The van der Waals surface area contributed by atoms with Crippen molar-refractivity contribution in [1.29, 1.82) is 0 Å². The molecule has 0 spiro atoms. The predicted molar refractivity (Wildman–Crippen MR) is 136 cm³/mol. The van der Waals surface area contributed by atoms with E-state index in [-0.39, 0.29) is 24.7 Å². The van der Waals surface area contributed by atoms with E-state index in [0.29, 0.717) is 11.1 Å². The van der Waals surface area contributed by atoms with Crippen LogP contribution in [-0.2, 0) is 14.3 Å². The third kappa shape index (κ3) is 10.4. The lowest BCUT2D eigenvalue weighted by atomic mass is 10.0. The van der Waals surface area contributed by atoms with Gasteiger partial charge in [-0.25, -0.2) is 4.79 Å². The van der Waals surface area contributed by atoms with Crippen LogP contribution in [0, 0.1) is 11.6 Å². The van der Waals surface area contributed by atoms with Crippen LogP contribution in [0.25, 0.3) is 0 Å². The standard InChI is InChI=1S/C26H44N2O5S/c1-3-4-5-6-7-8-9-10-11-12-13-14-15-16-24(30)32-19-22-21(29)17-23(33-22)28-18-20(2)25(34)27-26(28)31/h18,21-23,29H,3-17,19H2,1-2H3,(H,27,31,34)/t21-,22+,23?/m0/s1. The Balaban J connectivity index is 1.51. The van der Waals surface area contributed by atoms with Crippen molar-refractivity contribution in [3.8, 4) is 0 Å². The van der Waals surface area contributed by atoms with Gasteiger partial charge in [0.25, 0.3) is 0 Å². The van der Waals surface area contributed by atoms with Crippen molar-refractivity contribution in [3.05, 3.63) is 26.9 Å². The highest BCUT2D eigenvalue weighted by Gasteiger charge is 2.36. The number of H-pyrrole nitrogens is 1. The van der Waals surface area contributed by atoms with Gasteiger partial charge >= 0.3 is 11.7 Å². The van der Waals surface area contributed by atoms with Crippen molar-refractivity contribution in [2.75, 3.05) is 6.61 Å². The molecule has 2 heterocycles. The van der Waals surface area contributed by atoms with Crippen LogP contribution in [0.4, 0.5) is 0 Å². The number of aryl methyl sites for hydroxylation is 1. The van der Waals surface area contributed by atoms with Gasteiger partial charge in [0.1, 0.15) is 23.6 Å². The molecule has 0 amide bonds. The fourth-order valence-electron chi connectivity index (χ4n) is 4.37. The molecule has 0 aromatic carbocycles. The van der Waals surface area contributed by atoms with Gasteiger partial charge in [-0.2, -0.15) is 0 Å². The molecule has 1 unspecified atom stereocenters. The maximum atomic E-state index is 12.2. The first-order valence-corrected chi connectivity index (χ1v) is 13.6. The molecule has 1 fully saturated rings. The Morgan fingerprint density at radius 1 is 1.09 bits per heavy atom. The molecule has 0 radical (unpaired) electrons. The van der Waals surface area contributed by atoms with E-state index in [2.05, 4.69) is 11.9 Å². The summed E-state index contributed by atoms with van der Waals surface area (Å²) in [6.07, 6.45) is 16.6. The maximum absolute atomic E-state index is 12.2. The Morgan fingerprint density at radius 2 is 1.65 bits per heavy atom. The molecule has 0 bridgehead atoms. The van der Waals surface area contributed by atoms with E-state index in [1.54, 1.807) is 13.1 Å². The summed E-state index contributed by atoms with van der Waals surface area (Å²) in [5.41, 5.74) is 0.369. The SMILES string of the molecule is CCCCCCCCCCCCCCCC(=O)OC[C@H]1OC(n2cc(C)c(=S)[nH]c2=O)C[C@@H]1O. The lowest BCUT2D eigenvalue weighted by Crippen LogP contribution is -2.29. The number of esters is 1. The number of aliphatic hydroxyl groups is 1. The minimum Gasteiger partial charge on any atom is -0.463 e. The van der Waals surface area contributed by atoms with Crippen molar-refractivity contribution in [2.24, 2.45) is 0 Å². The van der Waals surface area contributed by atoms with Gasteiger partial charge in [-0.3, -0.25) is 14.3 Å². The van der Waals surface area contributed by atoms with E-state index in [0.717, 1.165) is 24.8 Å². The zero-order valence-corrected chi connectivity index (χ0v) is 21.9. The number of aliphatic hydroxyl groups excluding tert-OH is 1. The number of unbranched alkanes of at least 4 members (excludes halogenated alkanes) is 12. The number of hydrogen-bond donors (Lipinski definition) is 2. The molecular weight excluding hydrogens is 452 g/mol. The average Bonchev–Trinajstić information content (AvgIpc) is 3.18. The van der Waals surface area contributed by atoms with Gasteiger partial charge in [0.05, 0.1) is 6.10 Å². The van der Waals surface area contributed by atoms with Crippen LogP contribution in [0.3, 0.4) is 0 Å². The fraction of sp³-hybridized carbons (Fsp3) is 0.808. The Kier molecular flexibility index (Phi) is 13.7. The van der Waals surface area contributed by atoms with E-state index in [9.17, 15) is 14.7 Å². The maximum Gasteiger partial charge on any atom is 0.328 e. The zero-order chi connectivity index (χ0) is 24.8. The van der Waals surface area contributed by atoms with Crippen LogP contribution >= 0.6 is 12.2 Å². The number of ether oxygens (including phenoxy) is 2. The Morgan fingerprint density at radius 3 is 2.24 bits per heavy atom. The van der Waals surface area contributed by atoms with Gasteiger partial charge in [-0.1, -0.05) is 96.2 Å². The zero-order valence-electron chi connectivity index (χ0n) is 21.1. The molecule has 1 aromatic heterocycles. The Bertz CT molecular complexity index is 837. The molecule has 2 N–H and O–H groups in total. The van der Waals surface area contributed by atoms with Crippen LogP contribution in [-0.4, -0.2) is 39.4 Å². The van der Waals surface area contributed by atoms with Gasteiger partial charge in [-0.05, 0) is 13.3 Å². The molecule has 34 heavy (non-hydrogen) atoms. The smallest absolute Gasteiger partial charge is 0.328 e. The second-order valence-electron chi connectivity index (χ2n) is 9.59. The van der Waals surface area contributed by atoms with Crippen molar-refractivity contribution in [1.82, 2.24) is 9.55 Å². The summed E-state index contributed by atoms with van der Waals surface area (Å²) in [5, 5.41) is 10.3. The van der Waals surface area contributed by atoms with Crippen LogP contribution in [0.5, 0.6) is 0 Å². The molecule has 1 aliphatic rings. The third-order valence-corrected chi connectivity index (χ3v) is 6.98. The van der Waals surface area contributed by atoms with Gasteiger partial charge in [-0.15, -0.1) is 0 Å². The second-order valence-corrected chi connectivity index (χ2v) is 9.99. The molecule has 2 rings (SSSR count). The van der Waals surface area contributed by atoms with Crippen molar-refractivity contribution in [3.63, 3.8) is 0 Å². The third-order valence-electron chi connectivity index (χ3n) is 6.55. The number of rotatable bonds is 17. The Labute approximate surface area is 209 Å². The summed E-state index contributed by atoms with van der Waals surface area (Å²) >= 11 is 5.07. The summed E-state index contributed by atoms with van der Waals surface area (Å²) in [7, 11) is 0. The monoisotopic (exact) mass is 496 g/mol. The van der Waals surface area contributed by atoms with Gasteiger partial charge < -0.3 is 14.6 Å². The predicted octanol–water partition coefficient (Wildman–Crippen LogP) is 5.89. The van der Waals surface area contributed by atoms with Crippen LogP contribution < -0.4 is 5.69 Å². The molecule has 1 aromatic rings.